The van der Waals surface area contributed by atoms with E-state index in [1.54, 1.807) is 6.07 Å². The van der Waals surface area contributed by atoms with Crippen LogP contribution in [0.3, 0.4) is 0 Å². The third-order valence-electron chi connectivity index (χ3n) is 2.60. The van der Waals surface area contributed by atoms with Gasteiger partial charge in [-0.25, -0.2) is 9.97 Å². The summed E-state index contributed by atoms with van der Waals surface area (Å²) in [6, 6.07) is 3.91. The van der Waals surface area contributed by atoms with E-state index in [2.05, 4.69) is 36.8 Å². The highest BCUT2D eigenvalue weighted by Gasteiger charge is 2.19. The summed E-state index contributed by atoms with van der Waals surface area (Å²) in [5.41, 5.74) is 5.69. The first-order chi connectivity index (χ1) is 8.38. The third-order valence-corrected chi connectivity index (χ3v) is 2.60. The predicted octanol–water partition coefficient (Wildman–Crippen LogP) is 2.10. The first-order valence-corrected chi connectivity index (χ1v) is 6.15. The minimum absolute atomic E-state index is 0.140. The Balaban J connectivity index is 3.08. The van der Waals surface area contributed by atoms with Gasteiger partial charge in [0.1, 0.15) is 17.5 Å². The fraction of sp³-hybridized carbons (Fsp3) is 0.615. The fourth-order valence-electron chi connectivity index (χ4n) is 1.57. The summed E-state index contributed by atoms with van der Waals surface area (Å²) < 4.78 is 0. The molecule has 0 aliphatic carbocycles. The van der Waals surface area contributed by atoms with E-state index in [4.69, 9.17) is 11.0 Å². The zero-order chi connectivity index (χ0) is 13.8. The van der Waals surface area contributed by atoms with E-state index in [-0.39, 0.29) is 5.41 Å². The Labute approximate surface area is 109 Å². The molecule has 0 radical (unpaired) electrons. The highest BCUT2D eigenvalue weighted by Crippen LogP contribution is 2.23. The van der Waals surface area contributed by atoms with Gasteiger partial charge < -0.3 is 10.6 Å². The first kappa shape index (κ1) is 14.2. The molecule has 5 heteroatoms. The van der Waals surface area contributed by atoms with Gasteiger partial charge in [0.2, 0.25) is 0 Å². The van der Waals surface area contributed by atoms with E-state index in [1.807, 2.05) is 11.8 Å². The van der Waals surface area contributed by atoms with Gasteiger partial charge in [-0.2, -0.15) is 5.26 Å². The molecular formula is C13H21N5. The summed E-state index contributed by atoms with van der Waals surface area (Å²) in [6.07, 6.45) is 0.475. The molecule has 1 aromatic rings. The maximum Gasteiger partial charge on any atom is 0.138 e. The van der Waals surface area contributed by atoms with Crippen molar-refractivity contribution in [2.24, 2.45) is 0 Å². The van der Waals surface area contributed by atoms with Crippen molar-refractivity contribution in [3.05, 3.63) is 11.9 Å². The number of nitrogen functional groups attached to an aromatic ring is 1. The van der Waals surface area contributed by atoms with E-state index in [9.17, 15) is 0 Å². The largest absolute Gasteiger partial charge is 0.384 e. The van der Waals surface area contributed by atoms with Crippen molar-refractivity contribution in [2.45, 2.75) is 39.5 Å². The van der Waals surface area contributed by atoms with Crippen molar-refractivity contribution >= 4 is 11.6 Å². The Bertz CT molecular complexity index is 442. The molecule has 0 atom stereocenters. The Hall–Kier alpha value is -1.83. The Morgan fingerprint density at radius 3 is 2.56 bits per heavy atom. The molecule has 0 bridgehead atoms. The lowest BCUT2D eigenvalue weighted by atomic mass is 9.96. The third kappa shape index (κ3) is 3.59. The van der Waals surface area contributed by atoms with Crippen molar-refractivity contribution in [3.8, 4) is 6.07 Å². The van der Waals surface area contributed by atoms with Crippen LogP contribution in [0.5, 0.6) is 0 Å². The highest BCUT2D eigenvalue weighted by atomic mass is 15.2. The van der Waals surface area contributed by atoms with Crippen molar-refractivity contribution in [1.82, 2.24) is 9.97 Å². The van der Waals surface area contributed by atoms with E-state index >= 15 is 0 Å². The van der Waals surface area contributed by atoms with Crippen LogP contribution in [0.15, 0.2) is 6.07 Å². The zero-order valence-electron chi connectivity index (χ0n) is 11.6. The number of anilines is 2. The van der Waals surface area contributed by atoms with Gasteiger partial charge in [0.05, 0.1) is 12.5 Å². The molecule has 1 rings (SSSR count). The maximum atomic E-state index is 8.66. The molecule has 1 aromatic heterocycles. The normalized spacial score (nSPS) is 11.1. The average Bonchev–Trinajstić information content (AvgIpc) is 2.28. The standard InChI is InChI=1S/C13H21N5/c1-5-18(8-6-7-14)11-9-10(15)16-12(17-11)13(2,3)4/h9H,5-6,8H2,1-4H3,(H2,15,16,17). The van der Waals surface area contributed by atoms with Gasteiger partial charge >= 0.3 is 0 Å². The van der Waals surface area contributed by atoms with Gasteiger partial charge in [-0.15, -0.1) is 0 Å². The molecule has 5 nitrogen and oxygen atoms in total. The van der Waals surface area contributed by atoms with Crippen LogP contribution in [-0.4, -0.2) is 23.1 Å². The molecule has 0 fully saturated rings. The Kier molecular flexibility index (Phi) is 4.49. The summed E-state index contributed by atoms with van der Waals surface area (Å²) in [5.74, 6) is 2.00. The molecule has 0 aliphatic heterocycles. The summed E-state index contributed by atoms with van der Waals surface area (Å²) in [4.78, 5) is 10.9. The Morgan fingerprint density at radius 2 is 2.06 bits per heavy atom. The van der Waals surface area contributed by atoms with Crippen molar-refractivity contribution in [2.75, 3.05) is 23.7 Å². The summed E-state index contributed by atoms with van der Waals surface area (Å²) >= 11 is 0. The van der Waals surface area contributed by atoms with Crippen LogP contribution in [0, 0.1) is 11.3 Å². The second kappa shape index (κ2) is 5.67. The van der Waals surface area contributed by atoms with Crippen LogP contribution < -0.4 is 10.6 Å². The van der Waals surface area contributed by atoms with E-state index in [0.717, 1.165) is 18.2 Å². The van der Waals surface area contributed by atoms with E-state index in [1.165, 1.54) is 0 Å². The van der Waals surface area contributed by atoms with Gasteiger partial charge in [0.15, 0.2) is 0 Å². The van der Waals surface area contributed by atoms with Crippen LogP contribution in [0.25, 0.3) is 0 Å². The topological polar surface area (TPSA) is 78.8 Å². The average molecular weight is 247 g/mol. The summed E-state index contributed by atoms with van der Waals surface area (Å²) in [5, 5.41) is 8.66. The molecule has 0 amide bonds. The van der Waals surface area contributed by atoms with Gasteiger partial charge in [-0.05, 0) is 6.92 Å². The minimum Gasteiger partial charge on any atom is -0.384 e. The lowest BCUT2D eigenvalue weighted by Crippen LogP contribution is -2.27. The van der Waals surface area contributed by atoms with Crippen LogP contribution in [0.1, 0.15) is 39.9 Å². The first-order valence-electron chi connectivity index (χ1n) is 6.15. The monoisotopic (exact) mass is 247 g/mol. The number of hydrogen-bond donors (Lipinski definition) is 1. The second-order valence-corrected chi connectivity index (χ2v) is 5.21. The van der Waals surface area contributed by atoms with E-state index in [0.29, 0.717) is 18.8 Å². The molecule has 0 unspecified atom stereocenters. The van der Waals surface area contributed by atoms with Crippen molar-refractivity contribution in [3.63, 3.8) is 0 Å². The predicted molar refractivity (Wildman–Crippen MR) is 73.3 cm³/mol. The summed E-state index contributed by atoms with van der Waals surface area (Å²) in [7, 11) is 0. The maximum absolute atomic E-state index is 8.66. The molecule has 1 heterocycles. The molecular weight excluding hydrogens is 226 g/mol. The second-order valence-electron chi connectivity index (χ2n) is 5.21. The van der Waals surface area contributed by atoms with Crippen LogP contribution in [-0.2, 0) is 5.41 Å². The van der Waals surface area contributed by atoms with Crippen LogP contribution in [0.4, 0.5) is 11.6 Å². The molecule has 0 saturated heterocycles. The molecule has 18 heavy (non-hydrogen) atoms. The number of hydrogen-bond acceptors (Lipinski definition) is 5. The van der Waals surface area contributed by atoms with Crippen LogP contribution >= 0.6 is 0 Å². The molecule has 0 aromatic carbocycles. The molecule has 98 valence electrons. The SMILES string of the molecule is CCN(CCC#N)c1cc(N)nc(C(C)(C)C)n1. The van der Waals surface area contributed by atoms with Gasteiger partial charge in [0.25, 0.3) is 0 Å². The zero-order valence-corrected chi connectivity index (χ0v) is 11.6. The van der Waals surface area contributed by atoms with Crippen molar-refractivity contribution in [1.29, 1.82) is 5.26 Å². The smallest absolute Gasteiger partial charge is 0.138 e. The molecule has 0 spiro atoms. The van der Waals surface area contributed by atoms with Crippen LogP contribution in [0.2, 0.25) is 0 Å². The molecule has 0 saturated carbocycles. The number of rotatable bonds is 4. The quantitative estimate of drug-likeness (QED) is 0.881. The van der Waals surface area contributed by atoms with E-state index < -0.39 is 0 Å². The molecule has 2 N–H and O–H groups in total. The van der Waals surface area contributed by atoms with Crippen molar-refractivity contribution < 1.29 is 0 Å². The van der Waals surface area contributed by atoms with Gasteiger partial charge in [0, 0.05) is 24.6 Å². The minimum atomic E-state index is -0.140. The number of nitrogens with zero attached hydrogens (tertiary/aromatic N) is 4. The fourth-order valence-corrected chi connectivity index (χ4v) is 1.57. The summed E-state index contributed by atoms with van der Waals surface area (Å²) in [6.45, 7) is 9.65. The van der Waals surface area contributed by atoms with Gasteiger partial charge in [-0.1, -0.05) is 20.8 Å². The molecule has 0 aliphatic rings. The number of aromatic nitrogens is 2. The van der Waals surface area contributed by atoms with Gasteiger partial charge in [-0.3, -0.25) is 0 Å². The highest BCUT2D eigenvalue weighted by molar-refractivity contribution is 5.47. The lowest BCUT2D eigenvalue weighted by Gasteiger charge is -2.24. The lowest BCUT2D eigenvalue weighted by molar-refractivity contribution is 0.545. The number of nitriles is 1. The Morgan fingerprint density at radius 1 is 1.39 bits per heavy atom. The number of nitrogens with two attached hydrogens (primary N) is 1.